The molecule has 0 amide bonds. The average molecular weight is 200 g/mol. The summed E-state index contributed by atoms with van der Waals surface area (Å²) in [7, 11) is 0. The van der Waals surface area contributed by atoms with Crippen molar-refractivity contribution < 1.29 is 0 Å². The van der Waals surface area contributed by atoms with Crippen molar-refractivity contribution in [3.8, 4) is 0 Å². The van der Waals surface area contributed by atoms with Gasteiger partial charge in [0.2, 0.25) is 0 Å². The Kier molecular flexibility index (Phi) is 3.90. The summed E-state index contributed by atoms with van der Waals surface area (Å²) in [5, 5.41) is 0. The van der Waals surface area contributed by atoms with Crippen molar-refractivity contribution >= 4 is 0 Å². The number of hydrogen-bond acceptors (Lipinski definition) is 0. The molecule has 0 aromatic heterocycles. The fourth-order valence-electron chi connectivity index (χ4n) is 1.70. The first kappa shape index (κ1) is 11.8. The van der Waals surface area contributed by atoms with E-state index in [9.17, 15) is 0 Å². The van der Waals surface area contributed by atoms with Gasteiger partial charge >= 0.3 is 0 Å². The van der Waals surface area contributed by atoms with Crippen LogP contribution >= 0.6 is 0 Å². The highest BCUT2D eigenvalue weighted by atomic mass is 14.2. The van der Waals surface area contributed by atoms with Gasteiger partial charge in [-0.3, -0.25) is 0 Å². The monoisotopic (exact) mass is 200 g/mol. The first-order chi connectivity index (χ1) is 7.12. The summed E-state index contributed by atoms with van der Waals surface area (Å²) >= 11 is 0. The van der Waals surface area contributed by atoms with E-state index < -0.39 is 0 Å². The van der Waals surface area contributed by atoms with Crippen LogP contribution in [0, 0.1) is 6.92 Å². The highest BCUT2D eigenvalue weighted by Crippen LogP contribution is 2.30. The maximum Gasteiger partial charge on any atom is 0.0104 e. The average Bonchev–Trinajstić information content (AvgIpc) is 2.27. The zero-order valence-corrected chi connectivity index (χ0v) is 9.79. The number of allylic oxidation sites excluding steroid dienone is 2. The van der Waals surface area contributed by atoms with Gasteiger partial charge in [-0.25, -0.2) is 0 Å². The van der Waals surface area contributed by atoms with Gasteiger partial charge in [0, 0.05) is 5.41 Å². The van der Waals surface area contributed by atoms with Gasteiger partial charge in [0.1, 0.15) is 0 Å². The van der Waals surface area contributed by atoms with Crippen molar-refractivity contribution in [3.63, 3.8) is 0 Å². The van der Waals surface area contributed by atoms with E-state index in [2.05, 4.69) is 51.3 Å². The van der Waals surface area contributed by atoms with Crippen LogP contribution in [0.2, 0.25) is 0 Å². The van der Waals surface area contributed by atoms with E-state index in [-0.39, 0.29) is 5.41 Å². The molecule has 1 aromatic carbocycles. The highest BCUT2D eigenvalue weighted by molar-refractivity contribution is 5.31. The molecule has 0 bridgehead atoms. The molecule has 1 atom stereocenters. The van der Waals surface area contributed by atoms with Gasteiger partial charge in [-0.2, -0.15) is 0 Å². The molecule has 0 radical (unpaired) electrons. The first-order valence-electron chi connectivity index (χ1n) is 5.44. The lowest BCUT2D eigenvalue weighted by Gasteiger charge is -2.26. The molecule has 0 aliphatic heterocycles. The SMILES string of the molecule is C=CCCC(C)(C=C)c1ccc(C)cc1. The minimum Gasteiger partial charge on any atom is -0.103 e. The molecule has 80 valence electrons. The summed E-state index contributed by atoms with van der Waals surface area (Å²) in [6, 6.07) is 8.70. The molecule has 1 aromatic rings. The van der Waals surface area contributed by atoms with Crippen LogP contribution < -0.4 is 0 Å². The third-order valence-corrected chi connectivity index (χ3v) is 3.03. The minimum atomic E-state index is 0.0713. The molecule has 0 nitrogen and oxygen atoms in total. The minimum absolute atomic E-state index is 0.0713. The third kappa shape index (κ3) is 2.82. The summed E-state index contributed by atoms with van der Waals surface area (Å²) in [6.07, 6.45) is 6.11. The molecule has 15 heavy (non-hydrogen) atoms. The first-order valence-corrected chi connectivity index (χ1v) is 5.44. The number of rotatable bonds is 5. The van der Waals surface area contributed by atoms with Gasteiger partial charge in [-0.15, -0.1) is 13.2 Å². The van der Waals surface area contributed by atoms with Crippen LogP contribution in [0.25, 0.3) is 0 Å². The molecule has 0 aliphatic rings. The predicted octanol–water partition coefficient (Wildman–Crippen LogP) is 4.40. The Hall–Kier alpha value is -1.30. The second-order valence-corrected chi connectivity index (χ2v) is 4.31. The molecular weight excluding hydrogens is 180 g/mol. The van der Waals surface area contributed by atoms with Crippen LogP contribution in [0.15, 0.2) is 49.6 Å². The fourth-order valence-corrected chi connectivity index (χ4v) is 1.70. The van der Waals surface area contributed by atoms with Crippen molar-refractivity contribution in [2.45, 2.75) is 32.1 Å². The van der Waals surface area contributed by atoms with Crippen molar-refractivity contribution in [1.82, 2.24) is 0 Å². The van der Waals surface area contributed by atoms with E-state index in [0.29, 0.717) is 0 Å². The maximum atomic E-state index is 3.95. The molecule has 0 heteroatoms. The Balaban J connectivity index is 2.94. The highest BCUT2D eigenvalue weighted by Gasteiger charge is 2.21. The van der Waals surface area contributed by atoms with Crippen molar-refractivity contribution in [3.05, 3.63) is 60.7 Å². The van der Waals surface area contributed by atoms with Crippen molar-refractivity contribution in [1.29, 1.82) is 0 Å². The predicted molar refractivity (Wildman–Crippen MR) is 68.2 cm³/mol. The van der Waals surface area contributed by atoms with E-state index in [1.165, 1.54) is 11.1 Å². The Labute approximate surface area is 93.3 Å². The lowest BCUT2D eigenvalue weighted by atomic mass is 9.78. The Morgan fingerprint density at radius 1 is 1.20 bits per heavy atom. The van der Waals surface area contributed by atoms with Gasteiger partial charge < -0.3 is 0 Å². The van der Waals surface area contributed by atoms with Gasteiger partial charge in [0.05, 0.1) is 0 Å². The Bertz CT molecular complexity index is 332. The molecule has 1 unspecified atom stereocenters. The standard InChI is InChI=1S/C15H20/c1-5-7-12-15(4,6-2)14-10-8-13(3)9-11-14/h5-6,8-11H,1-2,7,12H2,3-4H3. The smallest absolute Gasteiger partial charge is 0.0104 e. The van der Waals surface area contributed by atoms with Crippen LogP contribution in [0.3, 0.4) is 0 Å². The van der Waals surface area contributed by atoms with E-state index in [0.717, 1.165) is 12.8 Å². The van der Waals surface area contributed by atoms with Crippen LogP contribution in [-0.4, -0.2) is 0 Å². The molecule has 0 saturated carbocycles. The van der Waals surface area contributed by atoms with Gasteiger partial charge in [-0.05, 0) is 25.3 Å². The van der Waals surface area contributed by atoms with E-state index >= 15 is 0 Å². The summed E-state index contributed by atoms with van der Waals surface area (Å²) in [6.45, 7) is 12.1. The molecular formula is C15H20. The quantitative estimate of drug-likeness (QED) is 0.618. The number of aryl methyl sites for hydroxylation is 1. The molecule has 0 saturated heterocycles. The lowest BCUT2D eigenvalue weighted by molar-refractivity contribution is 0.547. The second kappa shape index (κ2) is 4.97. The molecule has 0 fully saturated rings. The Morgan fingerprint density at radius 3 is 2.27 bits per heavy atom. The number of hydrogen-bond donors (Lipinski definition) is 0. The van der Waals surface area contributed by atoms with Crippen molar-refractivity contribution in [2.24, 2.45) is 0 Å². The summed E-state index contributed by atoms with van der Waals surface area (Å²) in [5.74, 6) is 0. The van der Waals surface area contributed by atoms with Gasteiger partial charge in [0.25, 0.3) is 0 Å². The lowest BCUT2D eigenvalue weighted by Crippen LogP contribution is -2.18. The second-order valence-electron chi connectivity index (χ2n) is 4.31. The molecule has 1 rings (SSSR count). The van der Waals surface area contributed by atoms with E-state index in [4.69, 9.17) is 0 Å². The molecule has 0 N–H and O–H groups in total. The van der Waals surface area contributed by atoms with Crippen LogP contribution in [0.4, 0.5) is 0 Å². The Morgan fingerprint density at radius 2 is 1.80 bits per heavy atom. The molecule has 0 spiro atoms. The van der Waals surface area contributed by atoms with Crippen LogP contribution in [0.5, 0.6) is 0 Å². The summed E-state index contributed by atoms with van der Waals surface area (Å²) < 4.78 is 0. The van der Waals surface area contributed by atoms with E-state index in [1.807, 2.05) is 12.2 Å². The van der Waals surface area contributed by atoms with Gasteiger partial charge in [0.15, 0.2) is 0 Å². The third-order valence-electron chi connectivity index (χ3n) is 3.03. The molecule has 0 aliphatic carbocycles. The van der Waals surface area contributed by atoms with E-state index in [1.54, 1.807) is 0 Å². The van der Waals surface area contributed by atoms with Crippen LogP contribution in [0.1, 0.15) is 30.9 Å². The summed E-state index contributed by atoms with van der Waals surface area (Å²) in [5.41, 5.74) is 2.71. The normalized spacial score (nSPS) is 14.3. The topological polar surface area (TPSA) is 0 Å². The molecule has 0 heterocycles. The zero-order valence-electron chi connectivity index (χ0n) is 9.79. The van der Waals surface area contributed by atoms with Crippen molar-refractivity contribution in [2.75, 3.05) is 0 Å². The van der Waals surface area contributed by atoms with Gasteiger partial charge in [-0.1, -0.05) is 48.9 Å². The maximum absolute atomic E-state index is 3.95. The van der Waals surface area contributed by atoms with Crippen LogP contribution in [-0.2, 0) is 5.41 Å². The zero-order chi connectivity index (χ0) is 11.3. The largest absolute Gasteiger partial charge is 0.103 e. The fraction of sp³-hybridized carbons (Fsp3) is 0.333. The number of benzene rings is 1. The summed E-state index contributed by atoms with van der Waals surface area (Å²) in [4.78, 5) is 0.